The molecule has 2 aromatic carbocycles. The number of carboxylic acid groups (broad SMARTS) is 1. The van der Waals surface area contributed by atoms with Crippen molar-refractivity contribution in [1.82, 2.24) is 14.8 Å². The fraction of sp³-hybridized carbons (Fsp3) is 0.452. The highest BCUT2D eigenvalue weighted by Gasteiger charge is 2.42. The Labute approximate surface area is 263 Å². The minimum absolute atomic E-state index is 0.0594. The number of carboxylic acids is 1. The molecule has 45 heavy (non-hydrogen) atoms. The Morgan fingerprint density at radius 1 is 1.13 bits per heavy atom. The summed E-state index contributed by atoms with van der Waals surface area (Å²) in [6.45, 7) is 5.49. The van der Waals surface area contributed by atoms with Crippen LogP contribution in [0.5, 0.6) is 0 Å². The molecular formula is C31H35F3N4O5S2. The number of halogens is 3. The number of anilines is 1. The second kappa shape index (κ2) is 13.2. The molecule has 2 unspecified atom stereocenters. The molecule has 2 N–H and O–H groups in total. The molecule has 0 bridgehead atoms. The van der Waals surface area contributed by atoms with Crippen LogP contribution in [0.25, 0.3) is 10.2 Å². The number of amides is 1. The summed E-state index contributed by atoms with van der Waals surface area (Å²) in [5.41, 5.74) is -0.719. The maximum absolute atomic E-state index is 14.6. The topological polar surface area (TPSA) is 120 Å². The average Bonchev–Trinajstić information content (AvgIpc) is 3.65. The number of thiazole rings is 1. The van der Waals surface area contributed by atoms with Gasteiger partial charge in [-0.1, -0.05) is 49.2 Å². The van der Waals surface area contributed by atoms with Gasteiger partial charge in [-0.25, -0.2) is 18.2 Å². The second-order valence-electron chi connectivity index (χ2n) is 11.7. The number of alkyl halides is 3. The summed E-state index contributed by atoms with van der Waals surface area (Å²) in [7, 11) is -2.63. The molecule has 1 aliphatic carbocycles. The fourth-order valence-electron chi connectivity index (χ4n) is 6.19. The third-order valence-electron chi connectivity index (χ3n) is 8.66. The normalized spacial score (nSPS) is 18.6. The van der Waals surface area contributed by atoms with Gasteiger partial charge >= 0.3 is 12.1 Å². The van der Waals surface area contributed by atoms with Crippen molar-refractivity contribution in [2.24, 2.45) is 5.92 Å². The summed E-state index contributed by atoms with van der Waals surface area (Å²) in [5.74, 6) is -2.55. The van der Waals surface area contributed by atoms with E-state index in [-0.39, 0.29) is 22.2 Å². The third kappa shape index (κ3) is 7.24. The van der Waals surface area contributed by atoms with Crippen LogP contribution in [-0.4, -0.2) is 78.8 Å². The molecule has 1 saturated heterocycles. The first-order valence-electron chi connectivity index (χ1n) is 14.7. The highest BCUT2D eigenvalue weighted by molar-refractivity contribution is 7.92. The van der Waals surface area contributed by atoms with Crippen LogP contribution in [0.15, 0.2) is 53.9 Å². The standard InChI is InChI=1S/C31H35F3N4O5S2/c1-3-27(38-14-12-37(2)13-15-38)45(42,43)26-11-9-20(17-23(26)31(32,33)34)22(16-19-6-4-5-7-19)28(39)36-30-35-24-10-8-21(29(40)41)18-25(24)44-30/h3,8-11,17-19,22,27H,1,4-7,12-16H2,2H3,(H,40,41)(H,35,36,39). The van der Waals surface area contributed by atoms with Crippen molar-refractivity contribution in [3.05, 3.63) is 65.7 Å². The van der Waals surface area contributed by atoms with Gasteiger partial charge in [0.05, 0.1) is 32.2 Å². The van der Waals surface area contributed by atoms with E-state index in [1.807, 2.05) is 11.9 Å². The summed E-state index contributed by atoms with van der Waals surface area (Å²) >= 11 is 1.06. The van der Waals surface area contributed by atoms with Crippen molar-refractivity contribution in [2.75, 3.05) is 38.5 Å². The number of fused-ring (bicyclic) bond motifs is 1. The van der Waals surface area contributed by atoms with E-state index in [2.05, 4.69) is 16.9 Å². The van der Waals surface area contributed by atoms with Gasteiger partial charge < -0.3 is 15.3 Å². The fourth-order valence-corrected chi connectivity index (χ4v) is 8.95. The predicted molar refractivity (Wildman–Crippen MR) is 166 cm³/mol. The van der Waals surface area contributed by atoms with E-state index < -0.39 is 49.6 Å². The van der Waals surface area contributed by atoms with Crippen LogP contribution in [-0.2, 0) is 20.8 Å². The summed E-state index contributed by atoms with van der Waals surface area (Å²) in [6, 6.07) is 7.44. The maximum atomic E-state index is 14.6. The van der Waals surface area contributed by atoms with Crippen molar-refractivity contribution in [1.29, 1.82) is 0 Å². The van der Waals surface area contributed by atoms with Crippen molar-refractivity contribution in [2.45, 2.75) is 54.5 Å². The van der Waals surface area contributed by atoms with Gasteiger partial charge in [-0.3, -0.25) is 9.69 Å². The van der Waals surface area contributed by atoms with E-state index in [9.17, 15) is 36.3 Å². The summed E-state index contributed by atoms with van der Waals surface area (Å²) in [5, 5.41) is 10.9. The zero-order chi connectivity index (χ0) is 32.5. The van der Waals surface area contributed by atoms with Gasteiger partial charge in [0.15, 0.2) is 15.0 Å². The number of carbonyl (C=O) groups is 2. The smallest absolute Gasteiger partial charge is 0.417 e. The monoisotopic (exact) mass is 664 g/mol. The van der Waals surface area contributed by atoms with E-state index in [1.165, 1.54) is 30.3 Å². The van der Waals surface area contributed by atoms with Crippen LogP contribution in [0.3, 0.4) is 0 Å². The number of likely N-dealkylation sites (N-methyl/N-ethyl adjacent to an activating group) is 1. The number of carbonyl (C=O) groups excluding carboxylic acids is 1. The molecule has 2 atom stereocenters. The van der Waals surface area contributed by atoms with Gasteiger partial charge in [0.1, 0.15) is 5.37 Å². The predicted octanol–water partition coefficient (Wildman–Crippen LogP) is 5.85. The van der Waals surface area contributed by atoms with Crippen molar-refractivity contribution in [3.63, 3.8) is 0 Å². The van der Waals surface area contributed by atoms with Crippen molar-refractivity contribution in [3.8, 4) is 0 Å². The average molecular weight is 665 g/mol. The minimum Gasteiger partial charge on any atom is -0.478 e. The molecule has 3 aromatic rings. The summed E-state index contributed by atoms with van der Waals surface area (Å²) in [6.07, 6.45) is 0.0604. The van der Waals surface area contributed by atoms with Crippen molar-refractivity contribution < 1.29 is 36.3 Å². The zero-order valence-electron chi connectivity index (χ0n) is 24.7. The first kappa shape index (κ1) is 33.0. The van der Waals surface area contributed by atoms with Gasteiger partial charge in [-0.05, 0) is 55.3 Å². The van der Waals surface area contributed by atoms with Gasteiger partial charge in [0.25, 0.3) is 0 Å². The molecule has 2 heterocycles. The van der Waals surface area contributed by atoms with Crippen molar-refractivity contribution >= 4 is 48.4 Å². The first-order chi connectivity index (χ1) is 21.3. The molecule has 14 heteroatoms. The molecule has 1 saturated carbocycles. The Balaban J connectivity index is 1.50. The quantitative estimate of drug-likeness (QED) is 0.259. The minimum atomic E-state index is -5.00. The van der Waals surface area contributed by atoms with Gasteiger partial charge in [0.2, 0.25) is 5.91 Å². The number of sulfone groups is 1. The maximum Gasteiger partial charge on any atom is 0.417 e. The lowest BCUT2D eigenvalue weighted by Gasteiger charge is -2.36. The Bertz CT molecular complexity index is 1690. The number of nitrogens with zero attached hydrogens (tertiary/aromatic N) is 3. The number of aromatic carboxylic acids is 1. The second-order valence-corrected chi connectivity index (χ2v) is 14.7. The van der Waals surface area contributed by atoms with Crippen LogP contribution < -0.4 is 5.32 Å². The molecule has 2 aliphatic rings. The summed E-state index contributed by atoms with van der Waals surface area (Å²) in [4.78, 5) is 32.2. The largest absolute Gasteiger partial charge is 0.478 e. The van der Waals surface area contributed by atoms with Crippen LogP contribution in [0, 0.1) is 5.92 Å². The number of hydrogen-bond acceptors (Lipinski definition) is 8. The van der Waals surface area contributed by atoms with E-state index in [0.29, 0.717) is 42.8 Å². The van der Waals surface area contributed by atoms with Gasteiger partial charge in [0, 0.05) is 26.2 Å². The van der Waals surface area contributed by atoms with E-state index in [4.69, 9.17) is 0 Å². The molecule has 2 fully saturated rings. The third-order valence-corrected chi connectivity index (χ3v) is 11.7. The Morgan fingerprint density at radius 2 is 1.82 bits per heavy atom. The SMILES string of the molecule is C=CC(N1CCN(C)CC1)S(=O)(=O)c1ccc(C(CC2CCCC2)C(=O)Nc2nc3ccc(C(=O)O)cc3s2)cc1C(F)(F)F. The van der Waals surface area contributed by atoms with Crippen LogP contribution in [0.1, 0.15) is 59.5 Å². The Hall–Kier alpha value is -3.33. The van der Waals surface area contributed by atoms with E-state index >= 15 is 0 Å². The van der Waals surface area contributed by atoms with Gasteiger partial charge in [-0.2, -0.15) is 13.2 Å². The summed E-state index contributed by atoms with van der Waals surface area (Å²) < 4.78 is 71.8. The van der Waals surface area contributed by atoms with Crippen LogP contribution in [0.2, 0.25) is 0 Å². The number of piperazine rings is 1. The number of nitrogens with one attached hydrogen (secondary N) is 1. The van der Waals surface area contributed by atoms with Crippen LogP contribution in [0.4, 0.5) is 18.3 Å². The molecule has 1 amide bonds. The van der Waals surface area contributed by atoms with E-state index in [0.717, 1.165) is 49.2 Å². The highest BCUT2D eigenvalue weighted by Crippen LogP contribution is 2.41. The Kier molecular flexibility index (Phi) is 9.68. The van der Waals surface area contributed by atoms with E-state index in [1.54, 1.807) is 4.90 Å². The number of hydrogen-bond donors (Lipinski definition) is 2. The molecule has 1 aliphatic heterocycles. The molecule has 9 nitrogen and oxygen atoms in total. The Morgan fingerprint density at radius 3 is 2.44 bits per heavy atom. The van der Waals surface area contributed by atoms with Gasteiger partial charge in [-0.15, -0.1) is 6.58 Å². The molecule has 0 spiro atoms. The lowest BCUT2D eigenvalue weighted by atomic mass is 9.86. The number of benzene rings is 2. The lowest BCUT2D eigenvalue weighted by molar-refractivity contribution is -0.140. The zero-order valence-corrected chi connectivity index (χ0v) is 26.3. The first-order valence-corrected chi connectivity index (χ1v) is 17.1. The highest BCUT2D eigenvalue weighted by atomic mass is 32.2. The molecule has 5 rings (SSSR count). The number of rotatable bonds is 10. The van der Waals surface area contributed by atoms with Crippen LogP contribution >= 0.6 is 11.3 Å². The lowest BCUT2D eigenvalue weighted by Crippen LogP contribution is -2.51. The number of aromatic nitrogens is 1. The molecule has 1 aromatic heterocycles. The molecule has 0 radical (unpaired) electrons. The molecular weight excluding hydrogens is 629 g/mol. The molecule has 242 valence electrons.